The maximum Gasteiger partial charge on any atom is 0.487 e. The molecule has 3 aromatic rings. The summed E-state index contributed by atoms with van der Waals surface area (Å²) >= 11 is 4.71. The first kappa shape index (κ1) is 18.7. The molecule has 6 nitrogen and oxygen atoms in total. The van der Waals surface area contributed by atoms with Gasteiger partial charge in [0.1, 0.15) is 12.1 Å². The number of carbonyl (C=O) groups is 1. The van der Waals surface area contributed by atoms with Crippen LogP contribution in [0.15, 0.2) is 55.2 Å². The van der Waals surface area contributed by atoms with Gasteiger partial charge in [0.25, 0.3) is 5.91 Å². The molecule has 0 atom stereocenters. The quantitative estimate of drug-likeness (QED) is 0.658. The van der Waals surface area contributed by atoms with Crippen molar-refractivity contribution in [2.24, 2.45) is 0 Å². The van der Waals surface area contributed by atoms with E-state index in [1.165, 1.54) is 36.8 Å². The molecule has 138 valence electrons. The molecule has 9 heteroatoms. The molecule has 1 aromatic carbocycles. The summed E-state index contributed by atoms with van der Waals surface area (Å²) in [7, 11) is 0. The molecule has 1 N–H and O–H groups in total. The number of hydrogen-bond acceptors (Lipinski definition) is 5. The van der Waals surface area contributed by atoms with E-state index in [1.807, 2.05) is 6.92 Å². The first-order valence-corrected chi connectivity index (χ1v) is 8.09. The van der Waals surface area contributed by atoms with Crippen LogP contribution in [0.1, 0.15) is 16.1 Å². The number of halogens is 3. The number of aromatic nitrogens is 3. The van der Waals surface area contributed by atoms with Crippen LogP contribution < -0.4 is 10.1 Å². The molecule has 1 amide bonds. The first-order chi connectivity index (χ1) is 12.8. The highest BCUT2D eigenvalue weighted by Crippen LogP contribution is 2.26. The molecule has 0 unspecified atom stereocenters. The van der Waals surface area contributed by atoms with Crippen LogP contribution in [-0.2, 0) is 0 Å². The maximum absolute atomic E-state index is 12.6. The van der Waals surface area contributed by atoms with E-state index in [2.05, 4.69) is 25.0 Å². The zero-order valence-electron chi connectivity index (χ0n) is 14.0. The zero-order chi connectivity index (χ0) is 19.4. The molecule has 0 aliphatic heterocycles. The smallest absolute Gasteiger partial charge is 0.420 e. The van der Waals surface area contributed by atoms with E-state index in [0.29, 0.717) is 11.3 Å². The third-order valence-corrected chi connectivity index (χ3v) is 3.64. The van der Waals surface area contributed by atoms with Crippen LogP contribution in [0.5, 0.6) is 5.75 Å². The van der Waals surface area contributed by atoms with Crippen molar-refractivity contribution in [2.75, 3.05) is 5.32 Å². The van der Waals surface area contributed by atoms with Gasteiger partial charge in [-0.2, -0.15) is 0 Å². The lowest BCUT2D eigenvalue weighted by Gasteiger charge is -2.11. The number of pyridine rings is 1. The number of amides is 1. The second-order valence-corrected chi connectivity index (χ2v) is 5.95. The molecule has 2 heterocycles. The van der Waals surface area contributed by atoms with Crippen molar-refractivity contribution in [2.45, 2.75) is 12.5 Å². The minimum absolute atomic E-state index is 0.128. The fourth-order valence-corrected chi connectivity index (χ4v) is 2.42. The molecule has 0 aliphatic rings. The number of alkyl halides is 3. The van der Waals surface area contributed by atoms with Gasteiger partial charge in [0, 0.05) is 52.7 Å². The number of nitrogens with zero attached hydrogens (tertiary/aromatic N) is 3. The third kappa shape index (κ3) is 4.95. The van der Waals surface area contributed by atoms with Crippen LogP contribution in [0.25, 0.3) is 11.1 Å². The Bertz CT molecular complexity index is 948. The van der Waals surface area contributed by atoms with E-state index in [1.54, 1.807) is 18.5 Å². The highest BCUT2D eigenvalue weighted by Gasteiger charge is 2.27. The molecule has 0 spiro atoms. The van der Waals surface area contributed by atoms with Crippen LogP contribution >= 0.6 is 11.6 Å². The maximum atomic E-state index is 12.6. The number of hydrogen-bond donors (Lipinski definition) is 1. The largest absolute Gasteiger partial charge is 0.487 e. The van der Waals surface area contributed by atoms with Gasteiger partial charge in [0.2, 0.25) is 0 Å². The summed E-state index contributed by atoms with van der Waals surface area (Å²) in [6.07, 6.45) is 6.12. The molecule has 0 saturated carbocycles. The van der Waals surface area contributed by atoms with E-state index >= 15 is 0 Å². The molecule has 0 saturated heterocycles. The van der Waals surface area contributed by atoms with Crippen LogP contribution in [0.3, 0.4) is 0 Å². The first-order valence-electron chi connectivity index (χ1n) is 7.71. The molecular weight excluding hydrogens is 378 g/mol. The summed E-state index contributed by atoms with van der Waals surface area (Å²) in [6, 6.07) is 7.06. The Morgan fingerprint density at radius 3 is 2.44 bits per heavy atom. The third-order valence-electron chi connectivity index (χ3n) is 3.57. The van der Waals surface area contributed by atoms with Crippen molar-refractivity contribution in [3.63, 3.8) is 0 Å². The Morgan fingerprint density at radius 1 is 1.15 bits per heavy atom. The van der Waals surface area contributed by atoms with E-state index in [-0.39, 0.29) is 5.75 Å². The molecule has 0 radical (unpaired) electrons. The van der Waals surface area contributed by atoms with Gasteiger partial charge in [-0.05, 0) is 37.3 Å². The lowest BCUT2D eigenvalue weighted by molar-refractivity contribution is -0.0964. The average molecular weight is 391 g/mol. The van der Waals surface area contributed by atoms with E-state index in [0.717, 1.165) is 16.8 Å². The zero-order valence-corrected chi connectivity index (χ0v) is 14.7. The van der Waals surface area contributed by atoms with Crippen molar-refractivity contribution in [1.82, 2.24) is 15.0 Å². The van der Waals surface area contributed by atoms with Crippen molar-refractivity contribution < 1.29 is 18.3 Å². The van der Waals surface area contributed by atoms with Gasteiger partial charge >= 0.3 is 5.57 Å². The predicted molar refractivity (Wildman–Crippen MR) is 95.8 cm³/mol. The Kier molecular flexibility index (Phi) is 5.27. The molecule has 0 aliphatic carbocycles. The molecule has 3 rings (SSSR count). The Balaban J connectivity index is 1.77. The van der Waals surface area contributed by atoms with Gasteiger partial charge in [-0.3, -0.25) is 9.78 Å². The Hall–Kier alpha value is -3.13. The second kappa shape index (κ2) is 7.63. The number of ether oxygens (including phenoxy) is 1. The lowest BCUT2D eigenvalue weighted by Crippen LogP contribution is -2.16. The summed E-state index contributed by atoms with van der Waals surface area (Å²) in [5.41, 5.74) is -0.875. The van der Waals surface area contributed by atoms with Gasteiger partial charge in [0.15, 0.2) is 0 Å². The highest BCUT2D eigenvalue weighted by molar-refractivity contribution is 6.20. The van der Waals surface area contributed by atoms with E-state index < -0.39 is 11.5 Å². The van der Waals surface area contributed by atoms with Crippen LogP contribution in [-0.4, -0.2) is 26.4 Å². The summed E-state index contributed by atoms with van der Waals surface area (Å²) in [5, 5.41) is 2.66. The monoisotopic (exact) mass is 390 g/mol. The number of benzene rings is 1. The molecule has 0 bridgehead atoms. The van der Waals surface area contributed by atoms with Crippen LogP contribution in [0.2, 0.25) is 0 Å². The van der Waals surface area contributed by atoms with Gasteiger partial charge in [-0.1, -0.05) is 0 Å². The predicted octanol–water partition coefficient (Wildman–Crippen LogP) is 4.27. The van der Waals surface area contributed by atoms with Gasteiger partial charge in [-0.25, -0.2) is 9.97 Å². The van der Waals surface area contributed by atoms with Crippen molar-refractivity contribution >= 4 is 23.2 Å². The van der Waals surface area contributed by atoms with Gasteiger partial charge in [0.05, 0.1) is 5.56 Å². The summed E-state index contributed by atoms with van der Waals surface area (Å²) in [4.78, 5) is 24.6. The Labute approximate surface area is 158 Å². The van der Waals surface area contributed by atoms with Gasteiger partial charge in [-0.15, -0.1) is 8.78 Å². The highest BCUT2D eigenvalue weighted by atomic mass is 35.5. The summed E-state index contributed by atoms with van der Waals surface area (Å²) in [6.45, 7) is 1.81. The number of rotatable bonds is 5. The minimum Gasteiger partial charge on any atom is -0.420 e. The second-order valence-electron chi connectivity index (χ2n) is 5.51. The number of aryl methyl sites for hydroxylation is 1. The molecule has 2 aromatic heterocycles. The molecule has 27 heavy (non-hydrogen) atoms. The fraction of sp³-hybridized carbons (Fsp3) is 0.111. The van der Waals surface area contributed by atoms with E-state index in [4.69, 9.17) is 11.6 Å². The molecular formula is C18H13ClF2N4O2. The normalized spacial score (nSPS) is 11.1. The van der Waals surface area contributed by atoms with Crippen molar-refractivity contribution in [1.29, 1.82) is 0 Å². The number of anilines is 1. The SMILES string of the molecule is Cc1ncc(C(=O)Nc2ccc(OC(F)(F)Cl)cc2)cc1-c1cncnc1. The standard InChI is InChI=1S/C18H13ClF2N4O2/c1-11-16(13-7-22-10-23-8-13)6-12(9-24-11)17(26)25-14-2-4-15(5-3-14)27-18(19,20)21/h2-10H,1H3,(H,25,26). The van der Waals surface area contributed by atoms with Gasteiger partial charge < -0.3 is 10.1 Å². The van der Waals surface area contributed by atoms with Crippen LogP contribution in [0, 0.1) is 6.92 Å². The van der Waals surface area contributed by atoms with Crippen molar-refractivity contribution in [3.05, 3.63) is 66.5 Å². The summed E-state index contributed by atoms with van der Waals surface area (Å²) in [5.74, 6) is -0.534. The van der Waals surface area contributed by atoms with E-state index in [9.17, 15) is 13.6 Å². The van der Waals surface area contributed by atoms with Crippen molar-refractivity contribution in [3.8, 4) is 16.9 Å². The Morgan fingerprint density at radius 2 is 1.81 bits per heavy atom. The number of carbonyl (C=O) groups excluding carboxylic acids is 1. The lowest BCUT2D eigenvalue weighted by atomic mass is 10.1. The topological polar surface area (TPSA) is 77.0 Å². The number of nitrogens with one attached hydrogen (secondary N) is 1. The fourth-order valence-electron chi connectivity index (χ4n) is 2.33. The average Bonchev–Trinajstić information content (AvgIpc) is 2.63. The summed E-state index contributed by atoms with van der Waals surface area (Å²) < 4.78 is 29.4. The van der Waals surface area contributed by atoms with Crippen LogP contribution in [0.4, 0.5) is 14.5 Å². The minimum atomic E-state index is -3.80. The molecule has 0 fully saturated rings.